The van der Waals surface area contributed by atoms with Gasteiger partial charge in [-0.2, -0.15) is 0 Å². The molecule has 0 radical (unpaired) electrons. The minimum Gasteiger partial charge on any atom is -0.439 e. The molecule has 0 spiro atoms. The lowest BCUT2D eigenvalue weighted by Crippen LogP contribution is -2.33. The second-order valence-corrected chi connectivity index (χ2v) is 8.65. The second kappa shape index (κ2) is 8.30. The molecule has 1 aromatic heterocycles. The van der Waals surface area contributed by atoms with Gasteiger partial charge in [-0.15, -0.1) is 0 Å². The van der Waals surface area contributed by atoms with Gasteiger partial charge in [0.15, 0.2) is 0 Å². The monoisotopic (exact) mass is 429 g/mol. The van der Waals surface area contributed by atoms with Crippen LogP contribution in [0.3, 0.4) is 0 Å². The largest absolute Gasteiger partial charge is 0.439 e. The van der Waals surface area contributed by atoms with Gasteiger partial charge in [-0.1, -0.05) is 26.0 Å². The molecule has 0 unspecified atom stereocenters. The molecule has 5 nitrogen and oxygen atoms in total. The minimum atomic E-state index is -1.07. The lowest BCUT2D eigenvalue weighted by Gasteiger charge is -2.33. The summed E-state index contributed by atoms with van der Waals surface area (Å²) in [4.78, 5) is 22.0. The van der Waals surface area contributed by atoms with E-state index in [2.05, 4.69) is 60.0 Å². The van der Waals surface area contributed by atoms with E-state index in [1.807, 2.05) is 34.3 Å². The van der Waals surface area contributed by atoms with E-state index in [0.29, 0.717) is 11.3 Å². The third-order valence-electron chi connectivity index (χ3n) is 6.34. The highest BCUT2D eigenvalue weighted by Gasteiger charge is 2.51. The highest BCUT2D eigenvalue weighted by molar-refractivity contribution is 5.95. The average Bonchev–Trinajstić information content (AvgIpc) is 3.11. The Hall–Kier alpha value is -3.34. The van der Waals surface area contributed by atoms with E-state index in [1.165, 1.54) is 0 Å². The molecule has 4 rings (SSSR count). The number of aromatic nitrogens is 1. The maximum Gasteiger partial charge on any atom is 0.341 e. The molecule has 32 heavy (non-hydrogen) atoms. The summed E-state index contributed by atoms with van der Waals surface area (Å²) in [5.74, 6) is -0.328. The van der Waals surface area contributed by atoms with Crippen molar-refractivity contribution in [2.24, 2.45) is 0 Å². The second-order valence-electron chi connectivity index (χ2n) is 8.65. The van der Waals surface area contributed by atoms with Gasteiger partial charge in [0, 0.05) is 56.9 Å². The summed E-state index contributed by atoms with van der Waals surface area (Å²) in [7, 11) is 8.13. The first-order valence-electron chi connectivity index (χ1n) is 11.1. The van der Waals surface area contributed by atoms with E-state index < -0.39 is 5.60 Å². The fourth-order valence-corrected chi connectivity index (χ4v) is 4.59. The molecule has 2 aromatic carbocycles. The van der Waals surface area contributed by atoms with Crippen LogP contribution in [0, 0.1) is 0 Å². The first-order valence-corrected chi connectivity index (χ1v) is 11.1. The summed E-state index contributed by atoms with van der Waals surface area (Å²) >= 11 is 0. The standard InChI is InChI=1S/C27H31N3O2/c1-7-18-16-20(29(3)4)11-13-23(18)27(25-22(26(31)32-27)10-9-15-28-25)24-14-12-21(30(5)6)17-19(24)8-2/h9-17H,7-8H2,1-6H3. The van der Waals surface area contributed by atoms with Crippen LogP contribution in [0.15, 0.2) is 54.7 Å². The van der Waals surface area contributed by atoms with Gasteiger partial charge in [-0.05, 0) is 60.4 Å². The first kappa shape index (κ1) is 21.9. The maximum atomic E-state index is 13.1. The van der Waals surface area contributed by atoms with Gasteiger partial charge < -0.3 is 14.5 Å². The highest BCUT2D eigenvalue weighted by atomic mass is 16.6. The number of fused-ring (bicyclic) bond motifs is 1. The number of anilines is 2. The quantitative estimate of drug-likeness (QED) is 0.527. The number of carbonyl (C=O) groups excluding carboxylic acids is 1. The number of aryl methyl sites for hydroxylation is 2. The molecule has 3 aromatic rings. The smallest absolute Gasteiger partial charge is 0.341 e. The van der Waals surface area contributed by atoms with E-state index in [-0.39, 0.29) is 5.97 Å². The number of ether oxygens (including phenoxy) is 1. The molecule has 5 heteroatoms. The summed E-state index contributed by atoms with van der Waals surface area (Å²) in [6, 6.07) is 16.4. The molecular weight excluding hydrogens is 398 g/mol. The topological polar surface area (TPSA) is 45.7 Å². The number of cyclic esters (lactones) is 1. The van der Waals surface area contributed by atoms with Gasteiger partial charge in [0.05, 0.1) is 5.56 Å². The number of rotatable bonds is 6. The van der Waals surface area contributed by atoms with Crippen LogP contribution in [0.1, 0.15) is 52.2 Å². The zero-order valence-electron chi connectivity index (χ0n) is 19.8. The molecule has 0 fully saturated rings. The number of pyridine rings is 1. The molecule has 1 aliphatic rings. The van der Waals surface area contributed by atoms with Crippen molar-refractivity contribution < 1.29 is 9.53 Å². The Morgan fingerprint density at radius 3 is 1.84 bits per heavy atom. The van der Waals surface area contributed by atoms with E-state index in [0.717, 1.165) is 46.5 Å². The van der Waals surface area contributed by atoms with E-state index in [1.54, 1.807) is 12.3 Å². The average molecular weight is 430 g/mol. The van der Waals surface area contributed by atoms with Crippen molar-refractivity contribution >= 4 is 17.3 Å². The molecule has 0 aliphatic carbocycles. The van der Waals surface area contributed by atoms with Crippen LogP contribution in [-0.4, -0.2) is 39.1 Å². The van der Waals surface area contributed by atoms with Gasteiger partial charge >= 0.3 is 5.97 Å². The molecule has 0 amide bonds. The zero-order chi connectivity index (χ0) is 23.0. The molecular formula is C27H31N3O2. The van der Waals surface area contributed by atoms with Crippen LogP contribution in [-0.2, 0) is 23.2 Å². The number of esters is 1. The Morgan fingerprint density at radius 2 is 1.38 bits per heavy atom. The summed E-state index contributed by atoms with van der Waals surface area (Å²) in [6.45, 7) is 4.27. The molecule has 2 heterocycles. The number of nitrogens with zero attached hydrogens (tertiary/aromatic N) is 3. The Kier molecular flexibility index (Phi) is 5.68. The molecule has 0 N–H and O–H groups in total. The van der Waals surface area contributed by atoms with Crippen molar-refractivity contribution in [3.8, 4) is 0 Å². The lowest BCUT2D eigenvalue weighted by atomic mass is 9.77. The van der Waals surface area contributed by atoms with Gasteiger partial charge in [0.1, 0.15) is 5.69 Å². The third-order valence-corrected chi connectivity index (χ3v) is 6.34. The fourth-order valence-electron chi connectivity index (χ4n) is 4.59. The van der Waals surface area contributed by atoms with E-state index >= 15 is 0 Å². The van der Waals surface area contributed by atoms with Crippen LogP contribution in [0.25, 0.3) is 0 Å². The lowest BCUT2D eigenvalue weighted by molar-refractivity contribution is 0.0238. The van der Waals surface area contributed by atoms with Crippen LogP contribution in [0.2, 0.25) is 0 Å². The predicted octanol–water partition coefficient (Wildman–Crippen LogP) is 4.80. The SMILES string of the molecule is CCc1cc(N(C)C)ccc1C1(c2ccc(N(C)C)cc2CC)OC(=O)c2cccnc21. The molecule has 1 aliphatic heterocycles. The molecule has 0 bridgehead atoms. The van der Waals surface area contributed by atoms with Crippen molar-refractivity contribution in [3.05, 3.63) is 88.2 Å². The van der Waals surface area contributed by atoms with E-state index in [4.69, 9.17) is 9.72 Å². The number of benzene rings is 2. The summed E-state index contributed by atoms with van der Waals surface area (Å²) in [6.07, 6.45) is 3.38. The van der Waals surface area contributed by atoms with Crippen LogP contribution < -0.4 is 9.80 Å². The summed E-state index contributed by atoms with van der Waals surface area (Å²) in [5, 5.41) is 0. The van der Waals surface area contributed by atoms with Crippen molar-refractivity contribution in [1.29, 1.82) is 0 Å². The Balaban J connectivity index is 2.08. The molecule has 0 atom stereocenters. The highest BCUT2D eigenvalue weighted by Crippen LogP contribution is 2.49. The fraction of sp³-hybridized carbons (Fsp3) is 0.333. The summed E-state index contributed by atoms with van der Waals surface area (Å²) in [5.41, 5.74) is 6.60. The van der Waals surface area contributed by atoms with Crippen LogP contribution in [0.4, 0.5) is 11.4 Å². The Bertz CT molecular complexity index is 1110. The van der Waals surface area contributed by atoms with Crippen molar-refractivity contribution in [1.82, 2.24) is 4.98 Å². The number of hydrogen-bond acceptors (Lipinski definition) is 5. The molecule has 166 valence electrons. The Labute approximate surface area is 190 Å². The number of hydrogen-bond donors (Lipinski definition) is 0. The number of carbonyl (C=O) groups is 1. The van der Waals surface area contributed by atoms with E-state index in [9.17, 15) is 4.79 Å². The zero-order valence-corrected chi connectivity index (χ0v) is 19.8. The normalized spacial score (nSPS) is 14.1. The van der Waals surface area contributed by atoms with Gasteiger partial charge in [0.25, 0.3) is 0 Å². The minimum absolute atomic E-state index is 0.328. The molecule has 0 saturated heterocycles. The van der Waals surface area contributed by atoms with Crippen molar-refractivity contribution in [3.63, 3.8) is 0 Å². The van der Waals surface area contributed by atoms with Crippen molar-refractivity contribution in [2.75, 3.05) is 38.0 Å². The predicted molar refractivity (Wildman–Crippen MR) is 130 cm³/mol. The van der Waals surface area contributed by atoms with Crippen LogP contribution in [0.5, 0.6) is 0 Å². The maximum absolute atomic E-state index is 13.1. The van der Waals surface area contributed by atoms with Gasteiger partial charge in [-0.3, -0.25) is 4.98 Å². The third kappa shape index (κ3) is 3.32. The van der Waals surface area contributed by atoms with Crippen molar-refractivity contribution in [2.45, 2.75) is 32.3 Å². The summed E-state index contributed by atoms with van der Waals surface area (Å²) < 4.78 is 6.35. The first-order chi connectivity index (χ1) is 15.3. The van der Waals surface area contributed by atoms with Gasteiger partial charge in [-0.25, -0.2) is 4.79 Å². The molecule has 0 saturated carbocycles. The van der Waals surface area contributed by atoms with Gasteiger partial charge in [0.2, 0.25) is 5.60 Å². The van der Waals surface area contributed by atoms with Crippen LogP contribution >= 0.6 is 0 Å². The Morgan fingerprint density at radius 1 is 0.844 bits per heavy atom.